The summed E-state index contributed by atoms with van der Waals surface area (Å²) in [6, 6.07) is 0. The summed E-state index contributed by atoms with van der Waals surface area (Å²) >= 11 is 1.59. The third kappa shape index (κ3) is 3.07. The number of hydrogen-bond donors (Lipinski definition) is 1. The average Bonchev–Trinajstić information content (AvgIpc) is 3.08. The van der Waals surface area contributed by atoms with Gasteiger partial charge < -0.3 is 14.9 Å². The summed E-state index contributed by atoms with van der Waals surface area (Å²) in [5, 5.41) is 18.7. The Bertz CT molecular complexity index is 380. The first kappa shape index (κ1) is 13.3. The highest BCUT2D eigenvalue weighted by Gasteiger charge is 2.34. The van der Waals surface area contributed by atoms with Gasteiger partial charge in [0.05, 0.1) is 0 Å². The topological polar surface area (TPSA) is 52.5 Å². The summed E-state index contributed by atoms with van der Waals surface area (Å²) in [6.07, 6.45) is 4.04. The van der Waals surface area contributed by atoms with E-state index < -0.39 is 0 Å². The zero-order valence-corrected chi connectivity index (χ0v) is 12.1. The van der Waals surface area contributed by atoms with Crippen LogP contribution in [-0.4, -0.2) is 59.5 Å². The van der Waals surface area contributed by atoms with Crippen LogP contribution in [-0.2, 0) is 0 Å². The molecule has 0 unspecified atom stereocenters. The average molecular weight is 282 g/mol. The lowest BCUT2D eigenvalue weighted by molar-refractivity contribution is 0.149. The molecule has 5 nitrogen and oxygen atoms in total. The van der Waals surface area contributed by atoms with Gasteiger partial charge in [0.25, 0.3) is 0 Å². The van der Waals surface area contributed by atoms with Gasteiger partial charge in [-0.1, -0.05) is 17.8 Å². The maximum absolute atomic E-state index is 9.60. The van der Waals surface area contributed by atoms with Gasteiger partial charge in [0.2, 0.25) is 5.13 Å². The van der Waals surface area contributed by atoms with Gasteiger partial charge in [-0.25, -0.2) is 0 Å². The molecule has 2 aliphatic rings. The number of piperidine rings is 1. The molecule has 2 fully saturated rings. The lowest BCUT2D eigenvalue weighted by atomic mass is 9.95. The summed E-state index contributed by atoms with van der Waals surface area (Å²) < 4.78 is 0. The van der Waals surface area contributed by atoms with Crippen LogP contribution < -0.4 is 4.90 Å². The van der Waals surface area contributed by atoms with Gasteiger partial charge in [-0.05, 0) is 31.8 Å². The first-order valence-electron chi connectivity index (χ1n) is 7.21. The van der Waals surface area contributed by atoms with Crippen molar-refractivity contribution >= 4 is 16.5 Å². The monoisotopic (exact) mass is 282 g/mol. The fourth-order valence-corrected chi connectivity index (χ4v) is 3.87. The van der Waals surface area contributed by atoms with E-state index in [2.05, 4.69) is 20.0 Å². The van der Waals surface area contributed by atoms with Crippen LogP contribution >= 0.6 is 11.3 Å². The van der Waals surface area contributed by atoms with E-state index in [1.165, 1.54) is 32.4 Å². The molecule has 1 aromatic heterocycles. The van der Waals surface area contributed by atoms with Crippen molar-refractivity contribution in [2.24, 2.45) is 11.8 Å². The molecule has 3 rings (SSSR count). The summed E-state index contributed by atoms with van der Waals surface area (Å²) in [7, 11) is 0. The second kappa shape index (κ2) is 6.15. The Kier molecular flexibility index (Phi) is 4.30. The van der Waals surface area contributed by atoms with Crippen LogP contribution in [0.5, 0.6) is 0 Å². The van der Waals surface area contributed by atoms with E-state index in [0.717, 1.165) is 24.8 Å². The molecule has 106 valence electrons. The number of anilines is 1. The van der Waals surface area contributed by atoms with Crippen LogP contribution in [0.1, 0.15) is 19.3 Å². The van der Waals surface area contributed by atoms with Crippen LogP contribution in [0.25, 0.3) is 0 Å². The van der Waals surface area contributed by atoms with Gasteiger partial charge in [-0.2, -0.15) is 0 Å². The van der Waals surface area contributed by atoms with E-state index in [4.69, 9.17) is 0 Å². The van der Waals surface area contributed by atoms with Gasteiger partial charge in [0.1, 0.15) is 5.51 Å². The van der Waals surface area contributed by atoms with Crippen LogP contribution in [0.4, 0.5) is 5.13 Å². The zero-order chi connectivity index (χ0) is 13.1. The Labute approximate surface area is 118 Å². The minimum absolute atomic E-state index is 0.286. The second-order valence-corrected chi connectivity index (χ2v) is 6.50. The van der Waals surface area contributed by atoms with Gasteiger partial charge in [0.15, 0.2) is 0 Å². The molecule has 6 heteroatoms. The van der Waals surface area contributed by atoms with Crippen molar-refractivity contribution < 1.29 is 5.11 Å². The number of rotatable bonds is 4. The van der Waals surface area contributed by atoms with E-state index in [1.54, 1.807) is 16.8 Å². The van der Waals surface area contributed by atoms with Gasteiger partial charge in [-0.15, -0.1) is 10.2 Å². The molecule has 1 N–H and O–H groups in total. The van der Waals surface area contributed by atoms with Crippen molar-refractivity contribution in [1.29, 1.82) is 0 Å². The van der Waals surface area contributed by atoms with Crippen LogP contribution in [0.3, 0.4) is 0 Å². The van der Waals surface area contributed by atoms with Crippen LogP contribution in [0, 0.1) is 11.8 Å². The molecule has 0 amide bonds. The molecule has 3 heterocycles. The van der Waals surface area contributed by atoms with Gasteiger partial charge >= 0.3 is 0 Å². The van der Waals surface area contributed by atoms with E-state index in [0.29, 0.717) is 11.8 Å². The fraction of sp³-hybridized carbons (Fsp3) is 0.846. The van der Waals surface area contributed by atoms with Crippen LogP contribution in [0.15, 0.2) is 5.51 Å². The quantitative estimate of drug-likeness (QED) is 0.895. The molecule has 0 radical (unpaired) electrons. The Morgan fingerprint density at radius 3 is 2.68 bits per heavy atom. The molecule has 0 spiro atoms. The number of nitrogens with zero attached hydrogens (tertiary/aromatic N) is 4. The summed E-state index contributed by atoms with van der Waals surface area (Å²) in [5.74, 6) is 0.942. The number of hydrogen-bond acceptors (Lipinski definition) is 6. The third-order valence-corrected chi connectivity index (χ3v) is 5.12. The smallest absolute Gasteiger partial charge is 0.208 e. The normalized spacial score (nSPS) is 29.0. The van der Waals surface area contributed by atoms with Crippen molar-refractivity contribution in [3.63, 3.8) is 0 Å². The number of aromatic nitrogens is 2. The predicted molar refractivity (Wildman–Crippen MR) is 76.5 cm³/mol. The Balaban J connectivity index is 1.60. The Hall–Kier alpha value is -0.720. The van der Waals surface area contributed by atoms with Crippen LogP contribution in [0.2, 0.25) is 0 Å². The maximum Gasteiger partial charge on any atom is 0.208 e. The first-order valence-corrected chi connectivity index (χ1v) is 8.09. The minimum Gasteiger partial charge on any atom is -0.396 e. The van der Waals surface area contributed by atoms with E-state index in [9.17, 15) is 5.11 Å². The minimum atomic E-state index is 0.286. The van der Waals surface area contributed by atoms with Crippen molar-refractivity contribution in [3.8, 4) is 0 Å². The molecular formula is C13H22N4OS. The maximum atomic E-state index is 9.60. The zero-order valence-electron chi connectivity index (χ0n) is 11.2. The van der Waals surface area contributed by atoms with Crippen molar-refractivity contribution in [2.75, 3.05) is 44.2 Å². The molecule has 2 saturated heterocycles. The highest BCUT2D eigenvalue weighted by atomic mass is 32.1. The predicted octanol–water partition coefficient (Wildman–Crippen LogP) is 1.07. The van der Waals surface area contributed by atoms with Crippen molar-refractivity contribution in [2.45, 2.75) is 19.3 Å². The summed E-state index contributed by atoms with van der Waals surface area (Å²) in [6.45, 7) is 5.80. The number of likely N-dealkylation sites (tertiary alicyclic amines) is 1. The highest BCUT2D eigenvalue weighted by Crippen LogP contribution is 2.30. The molecule has 0 aliphatic carbocycles. The molecule has 19 heavy (non-hydrogen) atoms. The SMILES string of the molecule is OC[C@@H]1CN(c2nncs2)C[C@@H]1CN1CCCCC1. The molecule has 2 atom stereocenters. The molecule has 0 bridgehead atoms. The molecule has 2 aliphatic heterocycles. The second-order valence-electron chi connectivity index (χ2n) is 5.69. The van der Waals surface area contributed by atoms with E-state index in [-0.39, 0.29) is 6.61 Å². The van der Waals surface area contributed by atoms with Crippen molar-refractivity contribution in [3.05, 3.63) is 5.51 Å². The number of aliphatic hydroxyl groups excluding tert-OH is 1. The Morgan fingerprint density at radius 2 is 2.00 bits per heavy atom. The number of aliphatic hydroxyl groups is 1. The van der Waals surface area contributed by atoms with Crippen molar-refractivity contribution in [1.82, 2.24) is 15.1 Å². The van der Waals surface area contributed by atoms with Gasteiger partial charge in [0, 0.05) is 32.2 Å². The third-order valence-electron chi connectivity index (χ3n) is 4.37. The molecule has 1 aromatic rings. The summed E-state index contributed by atoms with van der Waals surface area (Å²) in [4.78, 5) is 4.85. The van der Waals surface area contributed by atoms with E-state index >= 15 is 0 Å². The molecule has 0 saturated carbocycles. The van der Waals surface area contributed by atoms with E-state index in [1.807, 2.05) is 0 Å². The Morgan fingerprint density at radius 1 is 1.21 bits per heavy atom. The fourth-order valence-electron chi connectivity index (χ4n) is 3.29. The highest BCUT2D eigenvalue weighted by molar-refractivity contribution is 7.13. The first-order chi connectivity index (χ1) is 9.36. The lowest BCUT2D eigenvalue weighted by Gasteiger charge is -2.30. The lowest BCUT2D eigenvalue weighted by Crippen LogP contribution is -2.37. The molecule has 0 aromatic carbocycles. The molecular weight excluding hydrogens is 260 g/mol. The largest absolute Gasteiger partial charge is 0.396 e. The van der Waals surface area contributed by atoms with Gasteiger partial charge in [-0.3, -0.25) is 0 Å². The standard InChI is InChI=1S/C13H22N4OS/c18-9-12-8-17(13-15-14-10-19-13)7-11(12)6-16-4-2-1-3-5-16/h10-12,18H,1-9H2/t11-,12-/m0/s1. The summed E-state index contributed by atoms with van der Waals surface area (Å²) in [5.41, 5.74) is 1.78.